The molecule has 0 amide bonds. The molecule has 0 aromatic carbocycles. The van der Waals surface area contributed by atoms with Gasteiger partial charge in [0.15, 0.2) is 0 Å². The molecule has 0 N–H and O–H groups in total. The first-order valence-corrected chi connectivity index (χ1v) is 11.8. The van der Waals surface area contributed by atoms with Crippen molar-refractivity contribution in [3.8, 4) is 0 Å². The van der Waals surface area contributed by atoms with Crippen LogP contribution in [0.3, 0.4) is 0 Å². The first-order chi connectivity index (χ1) is 9.56. The lowest BCUT2D eigenvalue weighted by molar-refractivity contribution is 1.98. The Balaban J connectivity index is 0.000000123. The summed E-state index contributed by atoms with van der Waals surface area (Å²) in [5.41, 5.74) is 0. The minimum atomic E-state index is 1.17. The second-order valence-electron chi connectivity index (χ2n) is 3.63. The van der Waals surface area contributed by atoms with Gasteiger partial charge in [-0.15, -0.1) is 45.3 Å². The van der Waals surface area contributed by atoms with Gasteiger partial charge in [0.25, 0.3) is 0 Å². The van der Waals surface area contributed by atoms with Crippen molar-refractivity contribution in [2.24, 2.45) is 0 Å². The van der Waals surface area contributed by atoms with Gasteiger partial charge in [-0.3, -0.25) is 0 Å². The highest BCUT2D eigenvalue weighted by atomic mass is 79.9. The highest BCUT2D eigenvalue weighted by Crippen LogP contribution is 2.44. The molecule has 0 bridgehead atoms. The van der Waals surface area contributed by atoms with Gasteiger partial charge in [0, 0.05) is 19.3 Å². The van der Waals surface area contributed by atoms with Gasteiger partial charge in [0.2, 0.25) is 0 Å². The van der Waals surface area contributed by atoms with Crippen LogP contribution in [-0.4, -0.2) is 0 Å². The molecule has 104 valence electrons. The van der Waals surface area contributed by atoms with Crippen molar-refractivity contribution in [1.82, 2.24) is 0 Å². The highest BCUT2D eigenvalue weighted by molar-refractivity contribution is 9.13. The number of hydrogen-bond acceptors (Lipinski definition) is 4. The Kier molecular flexibility index (Phi) is 5.46. The summed E-state index contributed by atoms with van der Waals surface area (Å²) in [7, 11) is 0. The number of rotatable bonds is 0. The van der Waals surface area contributed by atoms with Gasteiger partial charge in [-0.05, 0) is 81.2 Å². The second-order valence-corrected chi connectivity index (χ2v) is 11.9. The maximum Gasteiger partial charge on any atom is 0.0861 e. The van der Waals surface area contributed by atoms with Crippen LogP contribution >= 0.6 is 109 Å². The van der Waals surface area contributed by atoms with E-state index in [0.29, 0.717) is 0 Å². The zero-order chi connectivity index (χ0) is 14.3. The summed E-state index contributed by atoms with van der Waals surface area (Å²) in [6.45, 7) is 0. The zero-order valence-corrected chi connectivity index (χ0v) is 19.1. The Morgan fingerprint density at radius 2 is 1.65 bits per heavy atom. The number of thiophene rings is 4. The number of halogens is 4. The summed E-state index contributed by atoms with van der Waals surface area (Å²) in [4.78, 5) is 0. The van der Waals surface area contributed by atoms with Gasteiger partial charge in [-0.2, -0.15) is 0 Å². The van der Waals surface area contributed by atoms with Crippen LogP contribution in [0.2, 0.25) is 0 Å². The Morgan fingerprint density at radius 3 is 2.35 bits per heavy atom. The fourth-order valence-electron chi connectivity index (χ4n) is 1.54. The molecule has 0 saturated carbocycles. The zero-order valence-electron chi connectivity index (χ0n) is 9.45. The van der Waals surface area contributed by atoms with E-state index in [4.69, 9.17) is 0 Å². The van der Waals surface area contributed by atoms with E-state index in [0.717, 1.165) is 0 Å². The first kappa shape index (κ1) is 16.1. The van der Waals surface area contributed by atoms with Gasteiger partial charge in [-0.1, -0.05) is 0 Å². The molecule has 0 unspecified atom stereocenters. The van der Waals surface area contributed by atoms with E-state index in [9.17, 15) is 0 Å². The van der Waals surface area contributed by atoms with Crippen molar-refractivity contribution >= 4 is 128 Å². The standard InChI is InChI=1S/C6HBr3S2.C6H3BrS2/c7-3-1-2-5(11-3)4(8)6(9)10-2;7-4-3-9-5-1-2-8-6(4)5/h1H;1-3H. The topological polar surface area (TPSA) is 0 Å². The lowest BCUT2D eigenvalue weighted by atomic mass is 10.5. The summed E-state index contributed by atoms with van der Waals surface area (Å²) in [6.07, 6.45) is 0. The molecule has 0 atom stereocenters. The molecule has 0 fully saturated rings. The maximum atomic E-state index is 3.52. The van der Waals surface area contributed by atoms with Crippen LogP contribution in [0, 0.1) is 0 Å². The van der Waals surface area contributed by atoms with E-state index in [1.54, 1.807) is 45.3 Å². The molecule has 0 aliphatic heterocycles. The van der Waals surface area contributed by atoms with Crippen molar-refractivity contribution in [3.63, 3.8) is 0 Å². The van der Waals surface area contributed by atoms with Crippen molar-refractivity contribution in [1.29, 1.82) is 0 Å². The van der Waals surface area contributed by atoms with Gasteiger partial charge >= 0.3 is 0 Å². The average Bonchev–Trinajstić information content (AvgIpc) is 3.11. The summed E-state index contributed by atoms with van der Waals surface area (Å²) in [5.74, 6) is 0. The van der Waals surface area contributed by atoms with Crippen LogP contribution in [0.25, 0.3) is 18.8 Å². The number of fused-ring (bicyclic) bond motifs is 2. The lowest BCUT2D eigenvalue weighted by Crippen LogP contribution is -1.48. The predicted molar refractivity (Wildman–Crippen MR) is 110 cm³/mol. The quantitative estimate of drug-likeness (QED) is 0.190. The van der Waals surface area contributed by atoms with Gasteiger partial charge < -0.3 is 0 Å². The normalized spacial score (nSPS) is 11.0. The molecule has 8 heteroatoms. The molecule has 4 aromatic heterocycles. The molecule has 20 heavy (non-hydrogen) atoms. The van der Waals surface area contributed by atoms with Crippen molar-refractivity contribution in [3.05, 3.63) is 39.4 Å². The second kappa shape index (κ2) is 6.78. The molecule has 0 saturated heterocycles. The smallest absolute Gasteiger partial charge is 0.0861 e. The lowest BCUT2D eigenvalue weighted by Gasteiger charge is -1.80. The molecule has 0 aliphatic rings. The molecule has 0 radical (unpaired) electrons. The van der Waals surface area contributed by atoms with Crippen LogP contribution < -0.4 is 0 Å². The Bertz CT molecular complexity index is 867. The largest absolute Gasteiger partial charge is 0.142 e. The minimum Gasteiger partial charge on any atom is -0.142 e. The van der Waals surface area contributed by atoms with Crippen LogP contribution in [0.1, 0.15) is 0 Å². The summed E-state index contributed by atoms with van der Waals surface area (Å²) >= 11 is 21.0. The van der Waals surface area contributed by atoms with Crippen molar-refractivity contribution < 1.29 is 0 Å². The van der Waals surface area contributed by atoms with Gasteiger partial charge in [0.1, 0.15) is 0 Å². The molecule has 4 heterocycles. The van der Waals surface area contributed by atoms with E-state index in [-0.39, 0.29) is 0 Å². The Morgan fingerprint density at radius 1 is 0.850 bits per heavy atom. The molecular formula is C12H4Br4S4. The SMILES string of the molecule is Brc1cc2sc(Br)c(Br)c2s1.Brc1csc2ccsc12. The molecule has 4 aromatic rings. The minimum absolute atomic E-state index is 1.17. The van der Waals surface area contributed by atoms with Gasteiger partial charge in [0.05, 0.1) is 21.4 Å². The molecule has 0 aliphatic carbocycles. The van der Waals surface area contributed by atoms with E-state index >= 15 is 0 Å². The van der Waals surface area contributed by atoms with Gasteiger partial charge in [-0.25, -0.2) is 0 Å². The fraction of sp³-hybridized carbons (Fsp3) is 0. The third-order valence-electron chi connectivity index (χ3n) is 2.37. The maximum absolute atomic E-state index is 3.52. The van der Waals surface area contributed by atoms with Crippen LogP contribution in [0.4, 0.5) is 0 Å². The predicted octanol–water partition coefficient (Wildman–Crippen LogP) is 8.98. The monoisotopic (exact) mass is 592 g/mol. The van der Waals surface area contributed by atoms with E-state index in [1.807, 2.05) is 0 Å². The summed E-state index contributed by atoms with van der Waals surface area (Å²) < 4.78 is 10.2. The average molecular weight is 596 g/mol. The third-order valence-corrected chi connectivity index (χ3v) is 11.0. The van der Waals surface area contributed by atoms with E-state index < -0.39 is 0 Å². The molecular weight excluding hydrogens is 592 g/mol. The van der Waals surface area contributed by atoms with Crippen molar-refractivity contribution in [2.75, 3.05) is 0 Å². The van der Waals surface area contributed by atoms with Crippen LogP contribution in [-0.2, 0) is 0 Å². The Hall–Kier alpha value is 1.24. The summed E-state index contributed by atoms with van der Waals surface area (Å²) in [5, 5.41) is 4.24. The first-order valence-electron chi connectivity index (χ1n) is 5.19. The third kappa shape index (κ3) is 3.27. The number of hydrogen-bond donors (Lipinski definition) is 0. The Labute approximate surface area is 165 Å². The highest BCUT2D eigenvalue weighted by Gasteiger charge is 2.09. The molecule has 0 nitrogen and oxygen atoms in total. The van der Waals surface area contributed by atoms with Crippen molar-refractivity contribution in [2.45, 2.75) is 0 Å². The fourth-order valence-corrected chi connectivity index (χ4v) is 8.72. The summed E-state index contributed by atoms with van der Waals surface area (Å²) in [6, 6.07) is 4.29. The molecule has 4 rings (SSSR count). The van der Waals surface area contributed by atoms with E-state index in [2.05, 4.69) is 86.6 Å². The van der Waals surface area contributed by atoms with E-state index in [1.165, 1.54) is 35.3 Å². The molecule has 0 spiro atoms. The van der Waals surface area contributed by atoms with Crippen LogP contribution in [0.5, 0.6) is 0 Å². The van der Waals surface area contributed by atoms with Crippen LogP contribution in [0.15, 0.2) is 39.4 Å².